The second-order valence-electron chi connectivity index (χ2n) is 6.41. The molecule has 3 atom stereocenters. The average Bonchev–Trinajstić information content (AvgIpc) is 2.76. The first kappa shape index (κ1) is 14.3. The van der Waals surface area contributed by atoms with Crippen LogP contribution in [0.15, 0.2) is 0 Å². The van der Waals surface area contributed by atoms with Gasteiger partial charge < -0.3 is 10.1 Å². The summed E-state index contributed by atoms with van der Waals surface area (Å²) in [5.74, 6) is 1.81. The van der Waals surface area contributed by atoms with Crippen molar-refractivity contribution in [2.75, 3.05) is 32.8 Å². The SMILES string of the molecule is CC1CCCC1CNCC1CN(C(C)C)CCO1. The minimum atomic E-state index is 0.387. The minimum absolute atomic E-state index is 0.387. The first-order valence-electron chi connectivity index (χ1n) is 7.73. The Morgan fingerprint density at radius 1 is 1.28 bits per heavy atom. The van der Waals surface area contributed by atoms with Gasteiger partial charge in [-0.1, -0.05) is 19.8 Å². The van der Waals surface area contributed by atoms with E-state index in [-0.39, 0.29) is 0 Å². The minimum Gasteiger partial charge on any atom is -0.374 e. The molecule has 0 amide bonds. The topological polar surface area (TPSA) is 24.5 Å². The van der Waals surface area contributed by atoms with Crippen LogP contribution in [-0.4, -0.2) is 49.8 Å². The van der Waals surface area contributed by atoms with Gasteiger partial charge in [0.2, 0.25) is 0 Å². The van der Waals surface area contributed by atoms with E-state index in [9.17, 15) is 0 Å². The van der Waals surface area contributed by atoms with Gasteiger partial charge in [0.15, 0.2) is 0 Å². The van der Waals surface area contributed by atoms with E-state index in [0.29, 0.717) is 12.1 Å². The molecule has 0 aromatic carbocycles. The first-order valence-corrected chi connectivity index (χ1v) is 7.73. The highest BCUT2D eigenvalue weighted by Crippen LogP contribution is 2.30. The zero-order valence-corrected chi connectivity index (χ0v) is 12.3. The molecule has 2 rings (SSSR count). The fourth-order valence-electron chi connectivity index (χ4n) is 3.29. The Morgan fingerprint density at radius 3 is 2.78 bits per heavy atom. The van der Waals surface area contributed by atoms with Crippen LogP contribution in [0.1, 0.15) is 40.0 Å². The number of hydrogen-bond acceptors (Lipinski definition) is 3. The molecule has 3 heteroatoms. The van der Waals surface area contributed by atoms with E-state index in [4.69, 9.17) is 4.74 Å². The third kappa shape index (κ3) is 3.94. The van der Waals surface area contributed by atoms with Crippen LogP contribution in [-0.2, 0) is 4.74 Å². The predicted octanol–water partition coefficient (Wildman–Crippen LogP) is 2.12. The highest BCUT2D eigenvalue weighted by atomic mass is 16.5. The van der Waals surface area contributed by atoms with Gasteiger partial charge in [-0.3, -0.25) is 4.90 Å². The normalized spacial score (nSPS) is 34.3. The molecule has 106 valence electrons. The van der Waals surface area contributed by atoms with Crippen molar-refractivity contribution in [1.29, 1.82) is 0 Å². The maximum absolute atomic E-state index is 5.85. The highest BCUT2D eigenvalue weighted by Gasteiger charge is 2.25. The smallest absolute Gasteiger partial charge is 0.0826 e. The standard InChI is InChI=1S/C15H30N2O/c1-12(2)17-7-8-18-15(11-17)10-16-9-14-6-4-5-13(14)3/h12-16H,4-11H2,1-3H3. The van der Waals surface area contributed by atoms with E-state index >= 15 is 0 Å². The van der Waals surface area contributed by atoms with E-state index in [1.807, 2.05) is 0 Å². The number of rotatable bonds is 5. The average molecular weight is 254 g/mol. The Kier molecular flexibility index (Phi) is 5.46. The number of ether oxygens (including phenoxy) is 1. The van der Waals surface area contributed by atoms with Crippen molar-refractivity contribution >= 4 is 0 Å². The molecule has 0 aromatic heterocycles. The number of hydrogen-bond donors (Lipinski definition) is 1. The summed E-state index contributed by atoms with van der Waals surface area (Å²) in [6, 6.07) is 0.645. The quantitative estimate of drug-likeness (QED) is 0.813. The maximum Gasteiger partial charge on any atom is 0.0826 e. The van der Waals surface area contributed by atoms with Crippen LogP contribution in [0.25, 0.3) is 0 Å². The fraction of sp³-hybridized carbons (Fsp3) is 1.00. The molecule has 18 heavy (non-hydrogen) atoms. The molecule has 1 heterocycles. The number of nitrogens with zero attached hydrogens (tertiary/aromatic N) is 1. The Balaban J connectivity index is 1.64. The molecular formula is C15H30N2O. The summed E-state index contributed by atoms with van der Waals surface area (Å²) in [4.78, 5) is 2.52. The van der Waals surface area contributed by atoms with Gasteiger partial charge in [-0.25, -0.2) is 0 Å². The summed E-state index contributed by atoms with van der Waals surface area (Å²) < 4.78 is 5.85. The van der Waals surface area contributed by atoms with Crippen LogP contribution < -0.4 is 5.32 Å². The van der Waals surface area contributed by atoms with E-state index in [1.54, 1.807) is 0 Å². The van der Waals surface area contributed by atoms with Crippen molar-refractivity contribution in [3.8, 4) is 0 Å². The lowest BCUT2D eigenvalue weighted by Crippen LogP contribution is -2.49. The van der Waals surface area contributed by atoms with Crippen molar-refractivity contribution in [3.63, 3.8) is 0 Å². The summed E-state index contributed by atoms with van der Waals surface area (Å²) in [5, 5.41) is 3.64. The maximum atomic E-state index is 5.85. The highest BCUT2D eigenvalue weighted by molar-refractivity contribution is 4.79. The zero-order chi connectivity index (χ0) is 13.0. The molecule has 0 bridgehead atoms. The molecule has 0 aromatic rings. The molecule has 1 N–H and O–H groups in total. The van der Waals surface area contributed by atoms with Crippen LogP contribution in [0.2, 0.25) is 0 Å². The van der Waals surface area contributed by atoms with Gasteiger partial charge >= 0.3 is 0 Å². The number of nitrogens with one attached hydrogen (secondary N) is 1. The molecule has 0 radical (unpaired) electrons. The van der Waals surface area contributed by atoms with Crippen LogP contribution in [0.4, 0.5) is 0 Å². The first-order chi connectivity index (χ1) is 8.66. The molecule has 3 unspecified atom stereocenters. The van der Waals surface area contributed by atoms with E-state index in [0.717, 1.165) is 38.1 Å². The van der Waals surface area contributed by atoms with Gasteiger partial charge in [-0.2, -0.15) is 0 Å². The molecule has 1 aliphatic heterocycles. The van der Waals surface area contributed by atoms with E-state index in [2.05, 4.69) is 31.0 Å². The van der Waals surface area contributed by atoms with Crippen molar-refractivity contribution < 1.29 is 4.74 Å². The lowest BCUT2D eigenvalue weighted by Gasteiger charge is -2.35. The van der Waals surface area contributed by atoms with Gasteiger partial charge in [-0.15, -0.1) is 0 Å². The monoisotopic (exact) mass is 254 g/mol. The second kappa shape index (κ2) is 6.88. The van der Waals surface area contributed by atoms with Crippen molar-refractivity contribution in [2.24, 2.45) is 11.8 Å². The van der Waals surface area contributed by atoms with E-state index in [1.165, 1.54) is 25.8 Å². The summed E-state index contributed by atoms with van der Waals surface area (Å²) in [6.07, 6.45) is 4.65. The molecule has 2 fully saturated rings. The van der Waals surface area contributed by atoms with E-state index < -0.39 is 0 Å². The lowest BCUT2D eigenvalue weighted by atomic mass is 9.98. The van der Waals surface area contributed by atoms with Gasteiger partial charge in [0.05, 0.1) is 12.7 Å². The summed E-state index contributed by atoms with van der Waals surface area (Å²) in [5.41, 5.74) is 0. The lowest BCUT2D eigenvalue weighted by molar-refractivity contribution is -0.0374. The van der Waals surface area contributed by atoms with Gasteiger partial charge in [-0.05, 0) is 38.6 Å². The second-order valence-corrected chi connectivity index (χ2v) is 6.41. The zero-order valence-electron chi connectivity index (χ0n) is 12.3. The molecule has 1 saturated carbocycles. The Bertz CT molecular complexity index is 245. The Morgan fingerprint density at radius 2 is 2.11 bits per heavy atom. The van der Waals surface area contributed by atoms with Crippen molar-refractivity contribution in [2.45, 2.75) is 52.2 Å². The fourth-order valence-corrected chi connectivity index (χ4v) is 3.29. The number of morpholine rings is 1. The molecule has 2 aliphatic rings. The molecular weight excluding hydrogens is 224 g/mol. The van der Waals surface area contributed by atoms with Gasteiger partial charge in [0.25, 0.3) is 0 Å². The third-order valence-corrected chi connectivity index (χ3v) is 4.72. The van der Waals surface area contributed by atoms with Crippen molar-refractivity contribution in [3.05, 3.63) is 0 Å². The Labute approximate surface area is 112 Å². The molecule has 1 saturated heterocycles. The van der Waals surface area contributed by atoms with Crippen LogP contribution in [0, 0.1) is 11.8 Å². The molecule has 0 spiro atoms. The van der Waals surface area contributed by atoms with Crippen LogP contribution >= 0.6 is 0 Å². The summed E-state index contributed by atoms with van der Waals surface area (Å²) in [7, 11) is 0. The van der Waals surface area contributed by atoms with Gasteiger partial charge in [0.1, 0.15) is 0 Å². The third-order valence-electron chi connectivity index (χ3n) is 4.72. The van der Waals surface area contributed by atoms with Crippen LogP contribution in [0.3, 0.4) is 0 Å². The molecule has 3 nitrogen and oxygen atoms in total. The summed E-state index contributed by atoms with van der Waals surface area (Å²) >= 11 is 0. The predicted molar refractivity (Wildman–Crippen MR) is 75.8 cm³/mol. The van der Waals surface area contributed by atoms with Crippen LogP contribution in [0.5, 0.6) is 0 Å². The van der Waals surface area contributed by atoms with Crippen molar-refractivity contribution in [1.82, 2.24) is 10.2 Å². The van der Waals surface area contributed by atoms with Gasteiger partial charge in [0, 0.05) is 25.7 Å². The summed E-state index contributed by atoms with van der Waals surface area (Å²) in [6.45, 7) is 12.2. The Hall–Kier alpha value is -0.120. The largest absolute Gasteiger partial charge is 0.374 e. The molecule has 1 aliphatic carbocycles.